The first-order valence-corrected chi connectivity index (χ1v) is 5.59. The maximum atomic E-state index is 13.8. The van der Waals surface area contributed by atoms with Gasteiger partial charge in [0.25, 0.3) is 0 Å². The van der Waals surface area contributed by atoms with E-state index in [0.29, 0.717) is 11.4 Å². The maximum Gasteiger partial charge on any atom is 0.414 e. The minimum absolute atomic E-state index is 0.232. The largest absolute Gasteiger partial charge is 0.441 e. The second-order valence-electron chi connectivity index (χ2n) is 4.33. The minimum Gasteiger partial charge on any atom is -0.441 e. The van der Waals surface area contributed by atoms with Gasteiger partial charge in [0.1, 0.15) is 11.9 Å². The topological polar surface area (TPSA) is 53.0 Å². The van der Waals surface area contributed by atoms with Gasteiger partial charge in [-0.2, -0.15) is 0 Å². The standard InChI is InChI=1S/C12H15FN2O3/c1-14(2)11-4-3-8(5-10(11)13)15-6-9(7-16)18-12(15)17/h3-5,9,16H,6-7H2,1-2H3. The predicted octanol–water partition coefficient (Wildman–Crippen LogP) is 1.21. The molecule has 1 N–H and O–H groups in total. The van der Waals surface area contributed by atoms with Crippen LogP contribution in [0.15, 0.2) is 18.2 Å². The molecule has 0 spiro atoms. The van der Waals surface area contributed by atoms with Gasteiger partial charge in [-0.1, -0.05) is 0 Å². The van der Waals surface area contributed by atoms with Crippen molar-refractivity contribution in [1.82, 2.24) is 0 Å². The Hall–Kier alpha value is -1.82. The van der Waals surface area contributed by atoms with Crippen molar-refractivity contribution in [2.24, 2.45) is 0 Å². The molecule has 0 radical (unpaired) electrons. The van der Waals surface area contributed by atoms with Gasteiger partial charge in [0.2, 0.25) is 0 Å². The van der Waals surface area contributed by atoms with Gasteiger partial charge in [0.05, 0.1) is 24.5 Å². The van der Waals surface area contributed by atoms with Gasteiger partial charge in [-0.15, -0.1) is 0 Å². The summed E-state index contributed by atoms with van der Waals surface area (Å²) in [6, 6.07) is 4.54. The van der Waals surface area contributed by atoms with E-state index in [1.54, 1.807) is 31.1 Å². The van der Waals surface area contributed by atoms with E-state index >= 15 is 0 Å². The summed E-state index contributed by atoms with van der Waals surface area (Å²) >= 11 is 0. The number of carbonyl (C=O) groups is 1. The van der Waals surface area contributed by atoms with Gasteiger partial charge >= 0.3 is 6.09 Å². The lowest BCUT2D eigenvalue weighted by Gasteiger charge is -2.17. The van der Waals surface area contributed by atoms with Gasteiger partial charge in [0.15, 0.2) is 0 Å². The fourth-order valence-corrected chi connectivity index (χ4v) is 1.85. The van der Waals surface area contributed by atoms with Crippen molar-refractivity contribution in [3.63, 3.8) is 0 Å². The fourth-order valence-electron chi connectivity index (χ4n) is 1.85. The summed E-state index contributed by atoms with van der Waals surface area (Å²) in [5, 5.41) is 8.94. The van der Waals surface area contributed by atoms with Crippen molar-refractivity contribution in [2.75, 3.05) is 37.0 Å². The van der Waals surface area contributed by atoms with Crippen LogP contribution in [0.4, 0.5) is 20.6 Å². The van der Waals surface area contributed by atoms with Crippen molar-refractivity contribution >= 4 is 17.5 Å². The van der Waals surface area contributed by atoms with E-state index in [2.05, 4.69) is 0 Å². The first-order valence-electron chi connectivity index (χ1n) is 5.59. The molecule has 6 heteroatoms. The number of anilines is 2. The zero-order valence-electron chi connectivity index (χ0n) is 10.3. The summed E-state index contributed by atoms with van der Waals surface area (Å²) in [4.78, 5) is 14.5. The van der Waals surface area contributed by atoms with Crippen LogP contribution in [0.5, 0.6) is 0 Å². The highest BCUT2D eigenvalue weighted by atomic mass is 19.1. The average molecular weight is 254 g/mol. The third-order valence-electron chi connectivity index (χ3n) is 2.80. The number of rotatable bonds is 3. The zero-order valence-corrected chi connectivity index (χ0v) is 10.3. The molecule has 0 aliphatic carbocycles. The Kier molecular flexibility index (Phi) is 3.38. The van der Waals surface area contributed by atoms with Crippen LogP contribution in [0.25, 0.3) is 0 Å². The van der Waals surface area contributed by atoms with Gasteiger partial charge in [-0.05, 0) is 18.2 Å². The Morgan fingerprint density at radius 1 is 1.56 bits per heavy atom. The lowest BCUT2D eigenvalue weighted by Crippen LogP contribution is -2.25. The lowest BCUT2D eigenvalue weighted by atomic mass is 10.2. The summed E-state index contributed by atoms with van der Waals surface area (Å²) in [5.41, 5.74) is 0.879. The van der Waals surface area contributed by atoms with Crippen LogP contribution in [0.1, 0.15) is 0 Å². The molecule has 18 heavy (non-hydrogen) atoms. The van der Waals surface area contributed by atoms with Crippen LogP contribution in [-0.4, -0.2) is 44.6 Å². The van der Waals surface area contributed by atoms with Crippen LogP contribution in [-0.2, 0) is 4.74 Å². The molecule has 5 nitrogen and oxygen atoms in total. The van der Waals surface area contributed by atoms with Gasteiger partial charge < -0.3 is 14.7 Å². The van der Waals surface area contributed by atoms with E-state index in [1.165, 1.54) is 11.0 Å². The summed E-state index contributed by atoms with van der Waals surface area (Å²) < 4.78 is 18.7. The van der Waals surface area contributed by atoms with E-state index in [9.17, 15) is 9.18 Å². The van der Waals surface area contributed by atoms with Gasteiger partial charge in [-0.3, -0.25) is 4.90 Å². The molecule has 1 unspecified atom stereocenters. The lowest BCUT2D eigenvalue weighted by molar-refractivity contribution is 0.0963. The van der Waals surface area contributed by atoms with E-state index in [-0.39, 0.29) is 13.2 Å². The summed E-state index contributed by atoms with van der Waals surface area (Å²) in [6.07, 6.45) is -1.11. The van der Waals surface area contributed by atoms with E-state index in [4.69, 9.17) is 9.84 Å². The van der Waals surface area contributed by atoms with Crippen LogP contribution in [0.3, 0.4) is 0 Å². The normalized spacial score (nSPS) is 19.0. The Balaban J connectivity index is 2.25. The number of halogens is 1. The third-order valence-corrected chi connectivity index (χ3v) is 2.80. The molecule has 1 amide bonds. The molecular weight excluding hydrogens is 239 g/mol. The average Bonchev–Trinajstić information content (AvgIpc) is 2.70. The molecule has 1 heterocycles. The van der Waals surface area contributed by atoms with Crippen LogP contribution >= 0.6 is 0 Å². The molecule has 1 atom stereocenters. The van der Waals surface area contributed by atoms with Gasteiger partial charge in [-0.25, -0.2) is 9.18 Å². The fraction of sp³-hybridized carbons (Fsp3) is 0.417. The molecule has 2 rings (SSSR count). The Morgan fingerprint density at radius 3 is 2.78 bits per heavy atom. The third kappa shape index (κ3) is 2.24. The first kappa shape index (κ1) is 12.6. The molecule has 0 aromatic heterocycles. The van der Waals surface area contributed by atoms with Crippen LogP contribution in [0.2, 0.25) is 0 Å². The van der Waals surface area contributed by atoms with Crippen molar-refractivity contribution in [3.05, 3.63) is 24.0 Å². The van der Waals surface area contributed by atoms with E-state index in [0.717, 1.165) is 0 Å². The number of ether oxygens (including phenoxy) is 1. The molecule has 1 aliphatic rings. The SMILES string of the molecule is CN(C)c1ccc(N2CC(CO)OC2=O)cc1F. The molecule has 1 aromatic rings. The molecular formula is C12H15FN2O3. The highest BCUT2D eigenvalue weighted by molar-refractivity contribution is 5.90. The molecule has 1 aromatic carbocycles. The number of cyclic esters (lactones) is 1. The molecule has 1 aliphatic heterocycles. The number of aliphatic hydroxyl groups is 1. The second kappa shape index (κ2) is 4.81. The van der Waals surface area contributed by atoms with Crippen LogP contribution < -0.4 is 9.80 Å². The number of amides is 1. The summed E-state index contributed by atoms with van der Waals surface area (Å²) in [5.74, 6) is -0.405. The summed E-state index contributed by atoms with van der Waals surface area (Å²) in [7, 11) is 3.48. The zero-order chi connectivity index (χ0) is 13.3. The number of benzene rings is 1. The smallest absolute Gasteiger partial charge is 0.414 e. The Morgan fingerprint density at radius 2 is 2.28 bits per heavy atom. The Labute approximate surface area is 104 Å². The predicted molar refractivity (Wildman–Crippen MR) is 65.4 cm³/mol. The quantitative estimate of drug-likeness (QED) is 0.881. The first-order chi connectivity index (χ1) is 8.52. The van der Waals surface area contributed by atoms with E-state index < -0.39 is 18.0 Å². The number of nitrogens with zero attached hydrogens (tertiary/aromatic N) is 2. The maximum absolute atomic E-state index is 13.8. The van der Waals surface area contributed by atoms with Crippen molar-refractivity contribution in [3.8, 4) is 0 Å². The molecule has 98 valence electrons. The Bertz CT molecular complexity index is 465. The number of hydrogen-bond acceptors (Lipinski definition) is 4. The molecule has 1 fully saturated rings. The second-order valence-corrected chi connectivity index (χ2v) is 4.33. The highest BCUT2D eigenvalue weighted by Crippen LogP contribution is 2.26. The van der Waals surface area contributed by atoms with Crippen LogP contribution in [0, 0.1) is 5.82 Å². The number of hydrogen-bond donors (Lipinski definition) is 1. The van der Waals surface area contributed by atoms with Crippen molar-refractivity contribution in [2.45, 2.75) is 6.10 Å². The minimum atomic E-state index is -0.564. The highest BCUT2D eigenvalue weighted by Gasteiger charge is 2.32. The van der Waals surface area contributed by atoms with Crippen molar-refractivity contribution < 1.29 is 19.0 Å². The summed E-state index contributed by atoms with van der Waals surface area (Å²) in [6.45, 7) is -0.00339. The number of aliphatic hydroxyl groups excluding tert-OH is 1. The molecule has 1 saturated heterocycles. The monoisotopic (exact) mass is 254 g/mol. The molecule has 0 saturated carbocycles. The number of carbonyl (C=O) groups excluding carboxylic acids is 1. The van der Waals surface area contributed by atoms with Crippen molar-refractivity contribution in [1.29, 1.82) is 0 Å². The van der Waals surface area contributed by atoms with Gasteiger partial charge in [0, 0.05) is 14.1 Å². The molecule has 0 bridgehead atoms. The van der Waals surface area contributed by atoms with E-state index in [1.807, 2.05) is 0 Å².